The minimum atomic E-state index is -4.06. The molecule has 3 atom stereocenters. The highest BCUT2D eigenvalue weighted by Gasteiger charge is 2.47. The molecule has 0 radical (unpaired) electrons. The monoisotopic (exact) mass is 958 g/mol. The van der Waals surface area contributed by atoms with Crippen molar-refractivity contribution in [3.63, 3.8) is 0 Å². The summed E-state index contributed by atoms with van der Waals surface area (Å²) in [6, 6.07) is 13.3. The molecule has 4 aliphatic heterocycles. The number of nitrogens with zero attached hydrogens (tertiary/aromatic N) is 8. The number of benzene rings is 3. The van der Waals surface area contributed by atoms with Gasteiger partial charge < -0.3 is 14.4 Å². The van der Waals surface area contributed by atoms with Crippen molar-refractivity contribution < 1.29 is 45.4 Å². The molecule has 1 spiro atoms. The Balaban J connectivity index is 0.814. The van der Waals surface area contributed by atoms with Crippen LogP contribution in [0.1, 0.15) is 80.3 Å². The van der Waals surface area contributed by atoms with Gasteiger partial charge in [0.15, 0.2) is 11.6 Å². The molecule has 6 heterocycles. The molecular formula is C46H49F3N10O8S. The quantitative estimate of drug-likeness (QED) is 0.170. The van der Waals surface area contributed by atoms with Gasteiger partial charge in [0.25, 0.3) is 11.5 Å². The van der Waals surface area contributed by atoms with E-state index in [4.69, 9.17) is 9.47 Å². The molecule has 5 aromatic rings. The van der Waals surface area contributed by atoms with Crippen LogP contribution < -0.4 is 20.3 Å². The number of nitriles is 1. The van der Waals surface area contributed by atoms with E-state index in [1.807, 2.05) is 6.07 Å². The van der Waals surface area contributed by atoms with Crippen LogP contribution in [0, 0.1) is 22.6 Å². The predicted molar refractivity (Wildman–Crippen MR) is 240 cm³/mol. The normalized spacial score (nSPS) is 21.9. The Labute approximate surface area is 388 Å². The highest BCUT2D eigenvalue weighted by Crippen LogP contribution is 2.46. The van der Waals surface area contributed by atoms with Crippen molar-refractivity contribution in [2.45, 2.75) is 69.4 Å². The molecule has 0 aliphatic carbocycles. The number of ether oxygens (including phenoxy) is 2. The van der Waals surface area contributed by atoms with E-state index in [0.29, 0.717) is 79.6 Å². The van der Waals surface area contributed by atoms with Crippen molar-refractivity contribution in [3.05, 3.63) is 87.9 Å². The second-order valence-corrected chi connectivity index (χ2v) is 19.9. The molecular weight excluding hydrogens is 910 g/mol. The number of aromatic nitrogens is 4. The van der Waals surface area contributed by atoms with Crippen LogP contribution in [0.2, 0.25) is 0 Å². The topological polar surface area (TPSA) is 214 Å². The number of hydrogen-bond acceptors (Lipinski definition) is 12. The number of piperidine rings is 3. The summed E-state index contributed by atoms with van der Waals surface area (Å²) in [4.78, 5) is 59.4. The fourth-order valence-corrected chi connectivity index (χ4v) is 10.8. The van der Waals surface area contributed by atoms with Crippen molar-refractivity contribution in [3.8, 4) is 17.6 Å². The van der Waals surface area contributed by atoms with Crippen LogP contribution in [0.15, 0.2) is 59.7 Å². The predicted octanol–water partition coefficient (Wildman–Crippen LogP) is 4.87. The zero-order valence-electron chi connectivity index (χ0n) is 37.5. The fraction of sp³-hybridized carbons (Fsp3) is 0.457. The Bertz CT molecular complexity index is 3080. The van der Waals surface area contributed by atoms with Gasteiger partial charge in [0.1, 0.15) is 29.9 Å². The molecule has 2 N–H and O–H groups in total. The number of aryl methyl sites for hydroxylation is 1. The van der Waals surface area contributed by atoms with Gasteiger partial charge in [-0.3, -0.25) is 43.4 Å². The molecule has 0 bridgehead atoms. The third-order valence-electron chi connectivity index (χ3n) is 13.9. The van der Waals surface area contributed by atoms with E-state index in [2.05, 4.69) is 20.1 Å². The Morgan fingerprint density at radius 1 is 1.07 bits per heavy atom. The van der Waals surface area contributed by atoms with Crippen molar-refractivity contribution in [1.82, 2.24) is 38.8 Å². The number of rotatable bonds is 11. The Kier molecular flexibility index (Phi) is 12.3. The van der Waals surface area contributed by atoms with Crippen LogP contribution in [0.5, 0.6) is 11.5 Å². The van der Waals surface area contributed by atoms with E-state index in [1.165, 1.54) is 41.0 Å². The zero-order valence-corrected chi connectivity index (χ0v) is 38.3. The number of anilines is 1. The van der Waals surface area contributed by atoms with E-state index in [-0.39, 0.29) is 60.0 Å². The Hall–Kier alpha value is -6.41. The van der Waals surface area contributed by atoms with Crippen molar-refractivity contribution in [2.24, 2.45) is 12.5 Å². The van der Waals surface area contributed by atoms with Gasteiger partial charge in [-0.25, -0.2) is 18.2 Å². The second-order valence-electron chi connectivity index (χ2n) is 18.1. The molecule has 9 rings (SSSR count). The average molecular weight is 959 g/mol. The highest BCUT2D eigenvalue weighted by molar-refractivity contribution is 7.90. The standard InChI is InChI=1S/C46H49F3N10O8S/c1-4-55(2)68(64,65)54-36-11-9-34(47)42(32(36)22-50)67-28-6-10-35-31(20-28)44(63)59(26-51-35)40-21-45(25-66-40)14-17-58(18-15-45)39(61)23-57-16-13-33(46(48,49)24-57)27-5-7-29-37(19-27)56(3)53-41(29)30-8-12-38(60)52-43(30)62/h5-7,9-11,19-20,26,30,33,40,54H,4,8,12-18,21,23-25H2,1-3H3,(H,52,60,62)/t30?,33?,40-/m0/s1. The first kappa shape index (κ1) is 46.7. The van der Waals surface area contributed by atoms with Gasteiger partial charge >= 0.3 is 10.2 Å². The number of halogens is 3. The molecule has 68 heavy (non-hydrogen) atoms. The lowest BCUT2D eigenvalue weighted by Gasteiger charge is -2.41. The van der Waals surface area contributed by atoms with E-state index in [1.54, 1.807) is 41.8 Å². The maximum atomic E-state index is 15.9. The van der Waals surface area contributed by atoms with E-state index in [0.717, 1.165) is 16.4 Å². The minimum Gasteiger partial charge on any atom is -0.453 e. The molecule has 22 heteroatoms. The van der Waals surface area contributed by atoms with Gasteiger partial charge in [-0.1, -0.05) is 19.1 Å². The lowest BCUT2D eigenvalue weighted by Crippen LogP contribution is -2.52. The minimum absolute atomic E-state index is 0.00438. The number of alkyl halides is 2. The molecule has 0 saturated carbocycles. The summed E-state index contributed by atoms with van der Waals surface area (Å²) in [5.41, 5.74) is 0.475. The molecule has 4 fully saturated rings. The van der Waals surface area contributed by atoms with Crippen LogP contribution in [0.4, 0.5) is 18.9 Å². The number of hydrogen-bond donors (Lipinski definition) is 2. The number of likely N-dealkylation sites (tertiary alicyclic amines) is 2. The van der Waals surface area contributed by atoms with Crippen molar-refractivity contribution >= 4 is 55.4 Å². The molecule has 18 nitrogen and oxygen atoms in total. The third-order valence-corrected chi connectivity index (χ3v) is 15.4. The lowest BCUT2D eigenvalue weighted by molar-refractivity contribution is -0.138. The molecule has 3 aromatic carbocycles. The van der Waals surface area contributed by atoms with E-state index < -0.39 is 69.3 Å². The number of carbonyl (C=O) groups excluding carboxylic acids is 3. The molecule has 3 amide bonds. The van der Waals surface area contributed by atoms with Gasteiger partial charge in [-0.05, 0) is 74.2 Å². The van der Waals surface area contributed by atoms with Crippen LogP contribution in [-0.2, 0) is 36.4 Å². The van der Waals surface area contributed by atoms with Crippen LogP contribution >= 0.6 is 0 Å². The zero-order chi connectivity index (χ0) is 48.3. The molecule has 4 saturated heterocycles. The summed E-state index contributed by atoms with van der Waals surface area (Å²) < 4.78 is 90.6. The fourth-order valence-electron chi connectivity index (χ4n) is 9.84. The SMILES string of the molecule is CCN(C)S(=O)(=O)Nc1ccc(F)c(Oc2ccc3ncn([C@@H]4CC5(CCN(C(=O)CN6CCC(c7ccc8c(C9CCC(=O)NC9=O)nn(C)c8c7)C(F)(F)C6)CC5)CO4)c(=O)c3c2)c1C#N. The Morgan fingerprint density at radius 3 is 2.57 bits per heavy atom. The maximum Gasteiger partial charge on any atom is 0.301 e. The summed E-state index contributed by atoms with van der Waals surface area (Å²) in [5, 5.41) is 17.6. The van der Waals surface area contributed by atoms with Crippen molar-refractivity contribution in [2.75, 3.05) is 57.6 Å². The molecule has 2 unspecified atom stereocenters. The molecule has 2 aromatic heterocycles. The van der Waals surface area contributed by atoms with Crippen LogP contribution in [0.3, 0.4) is 0 Å². The van der Waals surface area contributed by atoms with Crippen LogP contribution in [0.25, 0.3) is 21.8 Å². The number of carbonyl (C=O) groups is 3. The summed E-state index contributed by atoms with van der Waals surface area (Å²) in [5.74, 6) is -7.31. The van der Waals surface area contributed by atoms with Gasteiger partial charge in [-0.2, -0.15) is 23.1 Å². The number of nitrogens with one attached hydrogen (secondary N) is 2. The lowest BCUT2D eigenvalue weighted by atomic mass is 9.77. The third kappa shape index (κ3) is 8.79. The van der Waals surface area contributed by atoms with E-state index in [9.17, 15) is 32.9 Å². The summed E-state index contributed by atoms with van der Waals surface area (Å²) in [6.45, 7) is 2.41. The molecule has 358 valence electrons. The van der Waals surface area contributed by atoms with Gasteiger partial charge in [-0.15, -0.1) is 0 Å². The highest BCUT2D eigenvalue weighted by atomic mass is 32.2. The van der Waals surface area contributed by atoms with Gasteiger partial charge in [0.2, 0.25) is 17.7 Å². The number of fused-ring (bicyclic) bond motifs is 2. The summed E-state index contributed by atoms with van der Waals surface area (Å²) in [6.07, 6.45) is 2.93. The number of amides is 3. The summed E-state index contributed by atoms with van der Waals surface area (Å²) in [7, 11) is -1.02. The largest absolute Gasteiger partial charge is 0.453 e. The second kappa shape index (κ2) is 17.9. The average Bonchev–Trinajstić information content (AvgIpc) is 3.86. The molecule has 4 aliphatic rings. The first-order valence-corrected chi connectivity index (χ1v) is 23.8. The first-order chi connectivity index (χ1) is 32.4. The summed E-state index contributed by atoms with van der Waals surface area (Å²) >= 11 is 0. The van der Waals surface area contributed by atoms with Gasteiger partial charge in [0.05, 0.1) is 59.3 Å². The smallest absolute Gasteiger partial charge is 0.301 e. The Morgan fingerprint density at radius 2 is 1.85 bits per heavy atom. The van der Waals surface area contributed by atoms with Crippen LogP contribution in [-0.4, -0.2) is 118 Å². The van der Waals surface area contributed by atoms with E-state index >= 15 is 13.2 Å². The maximum absolute atomic E-state index is 15.9. The van der Waals surface area contributed by atoms with Gasteiger partial charge in [0, 0.05) is 57.4 Å². The van der Waals surface area contributed by atoms with Crippen molar-refractivity contribution in [1.29, 1.82) is 5.26 Å². The number of imide groups is 1. The first-order valence-electron chi connectivity index (χ1n) is 22.3.